The van der Waals surface area contributed by atoms with E-state index in [-0.39, 0.29) is 16.3 Å². The molecule has 0 unspecified atom stereocenters. The van der Waals surface area contributed by atoms with Gasteiger partial charge in [0.25, 0.3) is 0 Å². The van der Waals surface area contributed by atoms with Crippen LogP contribution in [0, 0.1) is 0 Å². The van der Waals surface area contributed by atoms with Gasteiger partial charge in [0, 0.05) is 13.2 Å². The second-order valence-corrected chi connectivity index (χ2v) is 6.38. The molecule has 2 aromatic heterocycles. The maximum absolute atomic E-state index is 12.0. The molecule has 102 valence electrons. The zero-order valence-corrected chi connectivity index (χ0v) is 11.5. The van der Waals surface area contributed by atoms with Gasteiger partial charge in [-0.2, -0.15) is 5.10 Å². The van der Waals surface area contributed by atoms with E-state index in [1.807, 2.05) is 0 Å². The molecule has 9 heteroatoms. The summed E-state index contributed by atoms with van der Waals surface area (Å²) in [5.41, 5.74) is 0.554. The summed E-state index contributed by atoms with van der Waals surface area (Å²) >= 11 is 0.872. The van der Waals surface area contributed by atoms with Gasteiger partial charge in [0.15, 0.2) is 0 Å². The van der Waals surface area contributed by atoms with E-state index in [4.69, 9.17) is 5.11 Å². The fraction of sp³-hybridized carbons (Fsp3) is 0.200. The number of aromatic carboxylic acids is 1. The summed E-state index contributed by atoms with van der Waals surface area (Å²) < 4.78 is 27.9. The molecule has 0 aliphatic carbocycles. The van der Waals surface area contributed by atoms with Crippen LogP contribution in [0.3, 0.4) is 0 Å². The molecular formula is C10H11N3O4S2. The lowest BCUT2D eigenvalue weighted by Crippen LogP contribution is -2.24. The van der Waals surface area contributed by atoms with Crippen molar-refractivity contribution in [2.24, 2.45) is 7.05 Å². The Labute approximate surface area is 113 Å². The number of nitrogens with one attached hydrogen (secondary N) is 1. The quantitative estimate of drug-likeness (QED) is 0.844. The van der Waals surface area contributed by atoms with Crippen molar-refractivity contribution in [1.82, 2.24) is 14.5 Å². The Bertz CT molecular complexity index is 702. The second-order valence-electron chi connectivity index (χ2n) is 3.72. The van der Waals surface area contributed by atoms with Crippen molar-refractivity contribution in [3.63, 3.8) is 0 Å². The fourth-order valence-corrected chi connectivity index (χ4v) is 3.73. The van der Waals surface area contributed by atoms with Crippen molar-refractivity contribution in [3.8, 4) is 0 Å². The molecule has 2 aromatic rings. The molecule has 0 fully saturated rings. The molecule has 0 radical (unpaired) electrons. The Morgan fingerprint density at radius 2 is 2.26 bits per heavy atom. The first-order valence-electron chi connectivity index (χ1n) is 5.19. The van der Waals surface area contributed by atoms with Crippen LogP contribution in [0.25, 0.3) is 0 Å². The minimum atomic E-state index is -3.85. The highest BCUT2D eigenvalue weighted by atomic mass is 32.2. The van der Waals surface area contributed by atoms with E-state index >= 15 is 0 Å². The molecule has 2 heterocycles. The minimum absolute atomic E-state index is 0.0120. The number of rotatable bonds is 5. The summed E-state index contributed by atoms with van der Waals surface area (Å²) in [6.45, 7) is 0.0120. The average molecular weight is 301 g/mol. The number of carbonyl (C=O) groups is 1. The smallest absolute Gasteiger partial charge is 0.347 e. The van der Waals surface area contributed by atoms with E-state index < -0.39 is 16.0 Å². The molecule has 2 rings (SSSR count). The minimum Gasteiger partial charge on any atom is -0.477 e. The van der Waals surface area contributed by atoms with Gasteiger partial charge in [0.1, 0.15) is 9.77 Å². The molecule has 19 heavy (non-hydrogen) atoms. The van der Waals surface area contributed by atoms with Gasteiger partial charge in [-0.25, -0.2) is 17.9 Å². The summed E-state index contributed by atoms with van der Waals surface area (Å²) in [6, 6.07) is 2.95. The molecular weight excluding hydrogens is 290 g/mol. The molecule has 7 nitrogen and oxygen atoms in total. The molecule has 0 aliphatic rings. The van der Waals surface area contributed by atoms with Gasteiger partial charge >= 0.3 is 5.97 Å². The third-order valence-corrected chi connectivity index (χ3v) is 4.80. The first-order valence-corrected chi connectivity index (χ1v) is 7.55. The molecule has 2 N–H and O–H groups in total. The first-order chi connectivity index (χ1) is 8.90. The van der Waals surface area contributed by atoms with Crippen molar-refractivity contribution in [1.29, 1.82) is 0 Å². The van der Waals surface area contributed by atoms with Gasteiger partial charge in [-0.1, -0.05) is 0 Å². The number of hydrogen-bond acceptors (Lipinski definition) is 5. The van der Waals surface area contributed by atoms with Gasteiger partial charge in [-0.15, -0.1) is 11.3 Å². The van der Waals surface area contributed by atoms with Gasteiger partial charge in [-0.05, 0) is 17.5 Å². The normalized spacial score (nSPS) is 11.6. The predicted octanol–water partition coefficient (Wildman–Crippen LogP) is 0.658. The fourth-order valence-electron chi connectivity index (χ4n) is 1.47. The number of carboxylic acids is 1. The van der Waals surface area contributed by atoms with Crippen molar-refractivity contribution < 1.29 is 18.3 Å². The lowest BCUT2D eigenvalue weighted by Gasteiger charge is -2.04. The standard InChI is InChI=1S/C10H11N3O4S2/c1-13-4-2-7(12-13)6-11-19(16,17)8-3-5-18-9(8)10(14)15/h2-5,11H,6H2,1H3,(H,14,15). The highest BCUT2D eigenvalue weighted by Gasteiger charge is 2.23. The molecule has 0 atom stereocenters. The topological polar surface area (TPSA) is 101 Å². The van der Waals surface area contributed by atoms with E-state index in [0.717, 1.165) is 11.3 Å². The second kappa shape index (κ2) is 5.11. The molecule has 0 aromatic carbocycles. The zero-order chi connectivity index (χ0) is 14.0. The average Bonchev–Trinajstić information content (AvgIpc) is 2.94. The monoisotopic (exact) mass is 301 g/mol. The third-order valence-electron chi connectivity index (χ3n) is 2.33. The highest BCUT2D eigenvalue weighted by Crippen LogP contribution is 2.21. The predicted molar refractivity (Wildman–Crippen MR) is 68.5 cm³/mol. The summed E-state index contributed by atoms with van der Waals surface area (Å²) in [5, 5.41) is 14.4. The van der Waals surface area contributed by atoms with Crippen LogP contribution < -0.4 is 4.72 Å². The number of aryl methyl sites for hydroxylation is 1. The summed E-state index contributed by atoms with van der Waals surface area (Å²) in [7, 11) is -2.13. The van der Waals surface area contributed by atoms with E-state index in [1.165, 1.54) is 11.4 Å². The van der Waals surface area contributed by atoms with Crippen LogP contribution in [0.1, 0.15) is 15.4 Å². The van der Waals surface area contributed by atoms with Crippen LogP contribution in [0.2, 0.25) is 0 Å². The first kappa shape index (κ1) is 13.7. The van der Waals surface area contributed by atoms with Crippen LogP contribution >= 0.6 is 11.3 Å². The third kappa shape index (κ3) is 3.00. The summed E-state index contributed by atoms with van der Waals surface area (Å²) in [6.07, 6.45) is 1.69. The Hall–Kier alpha value is -1.71. The van der Waals surface area contributed by atoms with E-state index in [0.29, 0.717) is 5.69 Å². The number of nitrogens with zero attached hydrogens (tertiary/aromatic N) is 2. The molecule has 0 amide bonds. The zero-order valence-electron chi connectivity index (χ0n) is 9.90. The van der Waals surface area contributed by atoms with Crippen LogP contribution in [-0.4, -0.2) is 29.3 Å². The summed E-state index contributed by atoms with van der Waals surface area (Å²) in [4.78, 5) is 10.5. The van der Waals surface area contributed by atoms with E-state index in [2.05, 4.69) is 9.82 Å². The van der Waals surface area contributed by atoms with Crippen molar-refractivity contribution in [3.05, 3.63) is 34.3 Å². The molecule has 0 saturated carbocycles. The molecule has 0 saturated heterocycles. The highest BCUT2D eigenvalue weighted by molar-refractivity contribution is 7.89. The number of aromatic nitrogens is 2. The molecule has 0 spiro atoms. The summed E-state index contributed by atoms with van der Waals surface area (Å²) in [5.74, 6) is -1.26. The maximum atomic E-state index is 12.0. The van der Waals surface area contributed by atoms with Gasteiger partial charge < -0.3 is 5.11 Å². The molecule has 0 aliphatic heterocycles. The van der Waals surface area contributed by atoms with Crippen LogP contribution in [0.4, 0.5) is 0 Å². The van der Waals surface area contributed by atoms with Gasteiger partial charge in [0.05, 0.1) is 12.2 Å². The Kier molecular flexibility index (Phi) is 3.69. The Morgan fingerprint density at radius 1 is 1.53 bits per heavy atom. The number of carboxylic acid groups (broad SMARTS) is 1. The van der Waals surface area contributed by atoms with Crippen LogP contribution in [0.5, 0.6) is 0 Å². The van der Waals surface area contributed by atoms with E-state index in [9.17, 15) is 13.2 Å². The SMILES string of the molecule is Cn1ccc(CNS(=O)(=O)c2ccsc2C(=O)O)n1. The van der Waals surface area contributed by atoms with Crippen LogP contribution in [-0.2, 0) is 23.6 Å². The largest absolute Gasteiger partial charge is 0.477 e. The van der Waals surface area contributed by atoms with Crippen molar-refractivity contribution in [2.75, 3.05) is 0 Å². The van der Waals surface area contributed by atoms with Gasteiger partial charge in [-0.3, -0.25) is 4.68 Å². The maximum Gasteiger partial charge on any atom is 0.347 e. The molecule has 0 bridgehead atoms. The number of sulfonamides is 1. The lowest BCUT2D eigenvalue weighted by molar-refractivity contribution is 0.0698. The van der Waals surface area contributed by atoms with Crippen molar-refractivity contribution in [2.45, 2.75) is 11.4 Å². The Balaban J connectivity index is 2.18. The van der Waals surface area contributed by atoms with E-state index in [1.54, 1.807) is 24.0 Å². The van der Waals surface area contributed by atoms with Crippen LogP contribution in [0.15, 0.2) is 28.6 Å². The van der Waals surface area contributed by atoms with Gasteiger partial charge in [0.2, 0.25) is 10.0 Å². The van der Waals surface area contributed by atoms with Crippen molar-refractivity contribution >= 4 is 27.3 Å². The number of hydrogen-bond donors (Lipinski definition) is 2. The lowest BCUT2D eigenvalue weighted by atomic mass is 10.4. The number of thiophene rings is 1. The Morgan fingerprint density at radius 3 is 2.84 bits per heavy atom.